The molecule has 0 heterocycles. The molecule has 2 aromatic rings. The van der Waals surface area contributed by atoms with Crippen LogP contribution in [0.1, 0.15) is 5.56 Å². The van der Waals surface area contributed by atoms with Crippen LogP contribution in [0, 0.1) is 0 Å². The molecular formula is C17H19BrN2O2. The molecule has 0 aliphatic heterocycles. The van der Waals surface area contributed by atoms with Crippen molar-refractivity contribution in [3.63, 3.8) is 0 Å². The number of carbonyl (C=O) groups excluding carboxylic acids is 1. The van der Waals surface area contributed by atoms with Crippen LogP contribution in [0.15, 0.2) is 59.1 Å². The molecule has 0 radical (unpaired) electrons. The van der Waals surface area contributed by atoms with Crippen LogP contribution < -0.4 is 10.1 Å². The summed E-state index contributed by atoms with van der Waals surface area (Å²) in [5, 5.41) is 2.84. The summed E-state index contributed by atoms with van der Waals surface area (Å²) in [4.78, 5) is 13.6. The van der Waals surface area contributed by atoms with E-state index in [2.05, 4.69) is 21.2 Å². The topological polar surface area (TPSA) is 41.6 Å². The largest absolute Gasteiger partial charge is 0.492 e. The third kappa shape index (κ3) is 5.41. The molecule has 116 valence electrons. The second-order valence-electron chi connectivity index (χ2n) is 4.88. The Morgan fingerprint density at radius 2 is 1.82 bits per heavy atom. The number of carbonyl (C=O) groups is 1. The van der Waals surface area contributed by atoms with Crippen molar-refractivity contribution in [2.45, 2.75) is 6.54 Å². The third-order valence-electron chi connectivity index (χ3n) is 3.07. The zero-order chi connectivity index (χ0) is 15.8. The number of nitrogens with zero attached hydrogens (tertiary/aromatic N) is 1. The summed E-state index contributed by atoms with van der Waals surface area (Å²) >= 11 is 3.37. The van der Waals surface area contributed by atoms with E-state index in [4.69, 9.17) is 4.74 Å². The number of benzene rings is 2. The fraction of sp³-hybridized carbons (Fsp3) is 0.235. The zero-order valence-electron chi connectivity index (χ0n) is 12.5. The molecule has 2 aromatic carbocycles. The summed E-state index contributed by atoms with van der Waals surface area (Å²) in [6.07, 6.45) is 0. The lowest BCUT2D eigenvalue weighted by molar-refractivity contribution is 0.203. The average Bonchev–Trinajstić information content (AvgIpc) is 2.54. The number of hydrogen-bond donors (Lipinski definition) is 1. The highest BCUT2D eigenvalue weighted by Gasteiger charge is 2.07. The van der Waals surface area contributed by atoms with E-state index in [-0.39, 0.29) is 6.03 Å². The molecule has 0 unspecified atom stereocenters. The summed E-state index contributed by atoms with van der Waals surface area (Å²) in [6, 6.07) is 17.4. The molecule has 0 aliphatic rings. The van der Waals surface area contributed by atoms with Crippen molar-refractivity contribution >= 4 is 22.0 Å². The van der Waals surface area contributed by atoms with E-state index in [9.17, 15) is 4.79 Å². The number of rotatable bonds is 6. The number of nitrogens with one attached hydrogen (secondary N) is 1. The molecule has 2 amide bonds. The SMILES string of the molecule is CN(Cc1ccccc1)C(=O)NCCOc1ccc(Br)cc1. The van der Waals surface area contributed by atoms with Gasteiger partial charge in [-0.1, -0.05) is 46.3 Å². The van der Waals surface area contributed by atoms with E-state index < -0.39 is 0 Å². The molecule has 2 rings (SSSR count). The summed E-state index contributed by atoms with van der Waals surface area (Å²) in [5.74, 6) is 0.787. The zero-order valence-corrected chi connectivity index (χ0v) is 14.0. The molecule has 0 spiro atoms. The van der Waals surface area contributed by atoms with E-state index in [1.54, 1.807) is 11.9 Å². The molecule has 0 aliphatic carbocycles. The van der Waals surface area contributed by atoms with Crippen LogP contribution >= 0.6 is 15.9 Å². The van der Waals surface area contributed by atoms with Gasteiger partial charge in [-0.3, -0.25) is 0 Å². The van der Waals surface area contributed by atoms with Gasteiger partial charge in [0.1, 0.15) is 12.4 Å². The highest BCUT2D eigenvalue weighted by molar-refractivity contribution is 9.10. The molecule has 0 atom stereocenters. The Bertz CT molecular complexity index is 587. The van der Waals surface area contributed by atoms with Crippen LogP contribution in [0.4, 0.5) is 4.79 Å². The number of urea groups is 1. The molecular weight excluding hydrogens is 344 g/mol. The van der Waals surface area contributed by atoms with Gasteiger partial charge >= 0.3 is 6.03 Å². The minimum absolute atomic E-state index is 0.108. The van der Waals surface area contributed by atoms with E-state index in [0.717, 1.165) is 15.8 Å². The Morgan fingerprint density at radius 3 is 2.50 bits per heavy atom. The van der Waals surface area contributed by atoms with Gasteiger partial charge in [-0.05, 0) is 29.8 Å². The molecule has 4 nitrogen and oxygen atoms in total. The van der Waals surface area contributed by atoms with E-state index in [1.165, 1.54) is 0 Å². The first-order valence-corrected chi connectivity index (χ1v) is 7.86. The lowest BCUT2D eigenvalue weighted by Gasteiger charge is -2.18. The molecule has 0 bridgehead atoms. The normalized spacial score (nSPS) is 10.1. The molecule has 0 fully saturated rings. The lowest BCUT2D eigenvalue weighted by atomic mass is 10.2. The number of hydrogen-bond acceptors (Lipinski definition) is 2. The second-order valence-corrected chi connectivity index (χ2v) is 5.79. The maximum atomic E-state index is 12.0. The summed E-state index contributed by atoms with van der Waals surface area (Å²) in [7, 11) is 1.78. The molecule has 0 saturated heterocycles. The van der Waals surface area contributed by atoms with Crippen molar-refractivity contribution in [2.24, 2.45) is 0 Å². The van der Waals surface area contributed by atoms with Crippen LogP contribution in [0.5, 0.6) is 5.75 Å². The van der Waals surface area contributed by atoms with E-state index in [1.807, 2.05) is 54.6 Å². The van der Waals surface area contributed by atoms with Crippen molar-refractivity contribution in [1.29, 1.82) is 0 Å². The van der Waals surface area contributed by atoms with Gasteiger partial charge in [-0.2, -0.15) is 0 Å². The molecule has 1 N–H and O–H groups in total. The van der Waals surface area contributed by atoms with Gasteiger partial charge in [0.2, 0.25) is 0 Å². The smallest absolute Gasteiger partial charge is 0.317 e. The Hall–Kier alpha value is -2.01. The second kappa shape index (κ2) is 8.44. The maximum absolute atomic E-state index is 12.0. The van der Waals surface area contributed by atoms with Crippen molar-refractivity contribution < 1.29 is 9.53 Å². The first-order chi connectivity index (χ1) is 10.6. The number of ether oxygens (including phenoxy) is 1. The Balaban J connectivity index is 1.67. The van der Waals surface area contributed by atoms with E-state index in [0.29, 0.717) is 19.7 Å². The first-order valence-electron chi connectivity index (χ1n) is 7.06. The maximum Gasteiger partial charge on any atom is 0.317 e. The first kappa shape index (κ1) is 16.4. The van der Waals surface area contributed by atoms with Crippen molar-refractivity contribution in [2.75, 3.05) is 20.2 Å². The van der Waals surface area contributed by atoms with Gasteiger partial charge in [-0.15, -0.1) is 0 Å². The third-order valence-corrected chi connectivity index (χ3v) is 3.60. The van der Waals surface area contributed by atoms with Crippen LogP contribution in [0.3, 0.4) is 0 Å². The molecule has 5 heteroatoms. The van der Waals surface area contributed by atoms with Gasteiger partial charge in [-0.25, -0.2) is 4.79 Å². The predicted octanol–water partition coefficient (Wildman–Crippen LogP) is 3.67. The highest BCUT2D eigenvalue weighted by atomic mass is 79.9. The lowest BCUT2D eigenvalue weighted by Crippen LogP contribution is -2.38. The van der Waals surface area contributed by atoms with Crippen molar-refractivity contribution in [1.82, 2.24) is 10.2 Å². The van der Waals surface area contributed by atoms with Crippen molar-refractivity contribution in [3.8, 4) is 5.75 Å². The van der Waals surface area contributed by atoms with Gasteiger partial charge in [0.05, 0.1) is 6.54 Å². The van der Waals surface area contributed by atoms with Crippen LogP contribution in [-0.2, 0) is 6.54 Å². The quantitative estimate of drug-likeness (QED) is 0.796. The monoisotopic (exact) mass is 362 g/mol. The minimum atomic E-state index is -0.108. The van der Waals surface area contributed by atoms with Gasteiger partial charge in [0.25, 0.3) is 0 Å². The van der Waals surface area contributed by atoms with Gasteiger partial charge in [0.15, 0.2) is 0 Å². The van der Waals surface area contributed by atoms with Gasteiger partial charge < -0.3 is 15.0 Å². The molecule has 0 saturated carbocycles. The van der Waals surface area contributed by atoms with Crippen LogP contribution in [0.2, 0.25) is 0 Å². The van der Waals surface area contributed by atoms with Crippen LogP contribution in [-0.4, -0.2) is 31.1 Å². The Morgan fingerprint density at radius 1 is 1.14 bits per heavy atom. The summed E-state index contributed by atoms with van der Waals surface area (Å²) < 4.78 is 6.57. The van der Waals surface area contributed by atoms with Crippen molar-refractivity contribution in [3.05, 3.63) is 64.6 Å². The molecule has 22 heavy (non-hydrogen) atoms. The fourth-order valence-electron chi connectivity index (χ4n) is 1.92. The van der Waals surface area contributed by atoms with Gasteiger partial charge in [0, 0.05) is 18.1 Å². The van der Waals surface area contributed by atoms with E-state index >= 15 is 0 Å². The van der Waals surface area contributed by atoms with Crippen LogP contribution in [0.25, 0.3) is 0 Å². The molecule has 0 aromatic heterocycles. The predicted molar refractivity (Wildman–Crippen MR) is 90.9 cm³/mol. The number of amides is 2. The Labute approximate surface area is 139 Å². The standard InChI is InChI=1S/C17H19BrN2O2/c1-20(13-14-5-3-2-4-6-14)17(21)19-11-12-22-16-9-7-15(18)8-10-16/h2-10H,11-13H2,1H3,(H,19,21). The summed E-state index contributed by atoms with van der Waals surface area (Å²) in [6.45, 7) is 1.49. The number of halogens is 1. The Kier molecular flexibility index (Phi) is 6.27. The summed E-state index contributed by atoms with van der Waals surface area (Å²) in [5.41, 5.74) is 1.10. The highest BCUT2D eigenvalue weighted by Crippen LogP contribution is 2.15. The average molecular weight is 363 g/mol. The minimum Gasteiger partial charge on any atom is -0.492 e. The fourth-order valence-corrected chi connectivity index (χ4v) is 2.19.